The van der Waals surface area contributed by atoms with Crippen molar-refractivity contribution in [1.29, 1.82) is 0 Å². The van der Waals surface area contributed by atoms with Crippen molar-refractivity contribution in [1.82, 2.24) is 15.1 Å². The van der Waals surface area contributed by atoms with E-state index in [0.29, 0.717) is 24.3 Å². The summed E-state index contributed by atoms with van der Waals surface area (Å²) in [5.74, 6) is -0.234. The molecule has 0 saturated carbocycles. The third kappa shape index (κ3) is 4.56. The molecule has 0 aliphatic rings. The Labute approximate surface area is 163 Å². The van der Waals surface area contributed by atoms with E-state index in [2.05, 4.69) is 27.9 Å². The zero-order valence-electron chi connectivity index (χ0n) is 15.9. The summed E-state index contributed by atoms with van der Waals surface area (Å²) in [6, 6.07) is 16.1. The normalized spacial score (nSPS) is 10.5. The fraction of sp³-hybridized carbons (Fsp3) is 0.190. The fourth-order valence-electron chi connectivity index (χ4n) is 3.05. The average Bonchev–Trinajstić information content (AvgIpc) is 2.93. The minimum atomic E-state index is -0.672. The second kappa shape index (κ2) is 8.39. The molecule has 0 fully saturated rings. The summed E-state index contributed by atoms with van der Waals surface area (Å²) in [5.41, 5.74) is 10.1. The number of hydrogen-bond acceptors (Lipinski definition) is 3. The van der Waals surface area contributed by atoms with Crippen LogP contribution in [0.2, 0.25) is 0 Å². The summed E-state index contributed by atoms with van der Waals surface area (Å²) in [7, 11) is 0. The maximum absolute atomic E-state index is 12.5. The van der Waals surface area contributed by atoms with Gasteiger partial charge in [-0.3, -0.25) is 9.48 Å². The zero-order valence-corrected chi connectivity index (χ0v) is 15.9. The Balaban J connectivity index is 1.69. The van der Waals surface area contributed by atoms with Crippen LogP contribution in [0.25, 0.3) is 0 Å². The molecule has 0 radical (unpaired) electrons. The number of rotatable bonds is 6. The third-order valence-corrected chi connectivity index (χ3v) is 4.52. The minimum Gasteiger partial charge on any atom is -0.351 e. The molecular weight excluding hydrogens is 354 g/mol. The van der Waals surface area contributed by atoms with Gasteiger partial charge in [0.1, 0.15) is 0 Å². The van der Waals surface area contributed by atoms with E-state index in [1.165, 1.54) is 5.56 Å². The lowest BCUT2D eigenvalue weighted by Gasteiger charge is -2.09. The van der Waals surface area contributed by atoms with Gasteiger partial charge in [0.25, 0.3) is 5.91 Å². The number of urea groups is 1. The molecule has 0 atom stereocenters. The van der Waals surface area contributed by atoms with Crippen molar-refractivity contribution in [3.63, 3.8) is 0 Å². The molecule has 2 aromatic carbocycles. The zero-order chi connectivity index (χ0) is 20.1. The van der Waals surface area contributed by atoms with E-state index >= 15 is 0 Å². The SMILES string of the molecule is Cc1nn(Cc2ccccc2)c(C)c1CNC(=O)c1cccc(NC(N)=O)c1. The van der Waals surface area contributed by atoms with E-state index in [4.69, 9.17) is 5.73 Å². The number of primary amides is 1. The fourth-order valence-corrected chi connectivity index (χ4v) is 3.05. The Morgan fingerprint density at radius 2 is 1.82 bits per heavy atom. The van der Waals surface area contributed by atoms with Crippen LogP contribution >= 0.6 is 0 Å². The second-order valence-corrected chi connectivity index (χ2v) is 6.55. The number of aromatic nitrogens is 2. The van der Waals surface area contributed by atoms with E-state index in [-0.39, 0.29) is 5.91 Å². The molecule has 3 amide bonds. The predicted molar refractivity (Wildman–Crippen MR) is 108 cm³/mol. The van der Waals surface area contributed by atoms with E-state index in [1.54, 1.807) is 24.3 Å². The first kappa shape index (κ1) is 19.2. The van der Waals surface area contributed by atoms with Crippen LogP contribution in [0.5, 0.6) is 0 Å². The van der Waals surface area contributed by atoms with E-state index in [9.17, 15) is 9.59 Å². The van der Waals surface area contributed by atoms with Crippen LogP contribution in [-0.4, -0.2) is 21.7 Å². The van der Waals surface area contributed by atoms with Gasteiger partial charge in [0.15, 0.2) is 0 Å². The molecule has 3 aromatic rings. The third-order valence-electron chi connectivity index (χ3n) is 4.52. The molecule has 144 valence electrons. The molecule has 0 aliphatic heterocycles. The highest BCUT2D eigenvalue weighted by atomic mass is 16.2. The molecule has 7 nitrogen and oxygen atoms in total. The molecule has 3 rings (SSSR count). The molecule has 0 saturated heterocycles. The van der Waals surface area contributed by atoms with Gasteiger partial charge in [-0.2, -0.15) is 5.10 Å². The number of carbonyl (C=O) groups is 2. The Kier molecular flexibility index (Phi) is 5.74. The summed E-state index contributed by atoms with van der Waals surface area (Å²) < 4.78 is 1.95. The van der Waals surface area contributed by atoms with Crippen LogP contribution in [0.15, 0.2) is 54.6 Å². The van der Waals surface area contributed by atoms with Gasteiger partial charge >= 0.3 is 6.03 Å². The standard InChI is InChI=1S/C21H23N5O2/c1-14-19(15(2)26(25-14)13-16-7-4-3-5-8-16)12-23-20(27)17-9-6-10-18(11-17)24-21(22)28/h3-11H,12-13H2,1-2H3,(H,23,27)(H3,22,24,28). The minimum absolute atomic E-state index is 0.234. The number of nitrogens with zero attached hydrogens (tertiary/aromatic N) is 2. The maximum Gasteiger partial charge on any atom is 0.316 e. The van der Waals surface area contributed by atoms with Crippen molar-refractivity contribution in [2.75, 3.05) is 5.32 Å². The number of anilines is 1. The number of nitrogens with one attached hydrogen (secondary N) is 2. The van der Waals surface area contributed by atoms with Crippen molar-refractivity contribution in [3.05, 3.63) is 82.7 Å². The van der Waals surface area contributed by atoms with Crippen molar-refractivity contribution < 1.29 is 9.59 Å². The molecular formula is C21H23N5O2. The summed E-state index contributed by atoms with van der Waals surface area (Å²) >= 11 is 0. The summed E-state index contributed by atoms with van der Waals surface area (Å²) in [6.45, 7) is 5.00. The highest BCUT2D eigenvalue weighted by Gasteiger charge is 2.14. The monoisotopic (exact) mass is 377 g/mol. The quantitative estimate of drug-likeness (QED) is 0.615. The van der Waals surface area contributed by atoms with Gasteiger partial charge in [0.2, 0.25) is 0 Å². The average molecular weight is 377 g/mol. The van der Waals surface area contributed by atoms with Gasteiger partial charge in [-0.15, -0.1) is 0 Å². The lowest BCUT2D eigenvalue weighted by Crippen LogP contribution is -2.24. The van der Waals surface area contributed by atoms with Gasteiger partial charge in [-0.25, -0.2) is 4.79 Å². The van der Waals surface area contributed by atoms with Gasteiger partial charge in [-0.1, -0.05) is 36.4 Å². The Morgan fingerprint density at radius 3 is 2.54 bits per heavy atom. The molecule has 1 aromatic heterocycles. The number of nitrogens with two attached hydrogens (primary N) is 1. The lowest BCUT2D eigenvalue weighted by atomic mass is 10.1. The van der Waals surface area contributed by atoms with E-state index in [1.807, 2.05) is 36.7 Å². The lowest BCUT2D eigenvalue weighted by molar-refractivity contribution is 0.0951. The van der Waals surface area contributed by atoms with E-state index in [0.717, 1.165) is 17.0 Å². The number of amides is 3. The van der Waals surface area contributed by atoms with Crippen LogP contribution in [0.4, 0.5) is 10.5 Å². The number of benzene rings is 2. The first-order valence-corrected chi connectivity index (χ1v) is 8.95. The molecule has 4 N–H and O–H groups in total. The number of aryl methyl sites for hydroxylation is 1. The summed E-state index contributed by atoms with van der Waals surface area (Å²) in [6.07, 6.45) is 0. The smallest absolute Gasteiger partial charge is 0.316 e. The van der Waals surface area contributed by atoms with Crippen LogP contribution in [0, 0.1) is 13.8 Å². The van der Waals surface area contributed by atoms with Gasteiger partial charge < -0.3 is 16.4 Å². The van der Waals surface area contributed by atoms with Gasteiger partial charge in [0.05, 0.1) is 12.2 Å². The molecule has 0 bridgehead atoms. The Morgan fingerprint density at radius 1 is 1.07 bits per heavy atom. The molecule has 0 unspecified atom stereocenters. The van der Waals surface area contributed by atoms with E-state index < -0.39 is 6.03 Å². The summed E-state index contributed by atoms with van der Waals surface area (Å²) in [5, 5.41) is 9.99. The van der Waals surface area contributed by atoms with Crippen molar-refractivity contribution >= 4 is 17.6 Å². The topological polar surface area (TPSA) is 102 Å². The summed E-state index contributed by atoms with van der Waals surface area (Å²) in [4.78, 5) is 23.5. The van der Waals surface area contributed by atoms with Crippen molar-refractivity contribution in [2.24, 2.45) is 5.73 Å². The van der Waals surface area contributed by atoms with Gasteiger partial charge in [0, 0.05) is 29.1 Å². The highest BCUT2D eigenvalue weighted by Crippen LogP contribution is 2.16. The Hall–Kier alpha value is -3.61. The molecule has 1 heterocycles. The number of carbonyl (C=O) groups excluding carboxylic acids is 2. The molecule has 0 spiro atoms. The van der Waals surface area contributed by atoms with Crippen LogP contribution < -0.4 is 16.4 Å². The first-order valence-electron chi connectivity index (χ1n) is 8.95. The molecule has 7 heteroatoms. The van der Waals surface area contributed by atoms with Crippen LogP contribution in [-0.2, 0) is 13.1 Å². The largest absolute Gasteiger partial charge is 0.351 e. The van der Waals surface area contributed by atoms with Gasteiger partial charge in [-0.05, 0) is 37.6 Å². The van der Waals surface area contributed by atoms with Crippen molar-refractivity contribution in [3.8, 4) is 0 Å². The first-order chi connectivity index (χ1) is 13.4. The molecule has 28 heavy (non-hydrogen) atoms. The molecule has 0 aliphatic carbocycles. The predicted octanol–water partition coefficient (Wildman–Crippen LogP) is 2.97. The van der Waals surface area contributed by atoms with Crippen LogP contribution in [0.3, 0.4) is 0 Å². The Bertz CT molecular complexity index is 995. The highest BCUT2D eigenvalue weighted by molar-refractivity contribution is 5.96. The van der Waals surface area contributed by atoms with Crippen molar-refractivity contribution in [2.45, 2.75) is 26.9 Å². The number of hydrogen-bond donors (Lipinski definition) is 3. The van der Waals surface area contributed by atoms with Crippen LogP contribution in [0.1, 0.15) is 32.9 Å². The second-order valence-electron chi connectivity index (χ2n) is 6.55. The maximum atomic E-state index is 12.5.